The summed E-state index contributed by atoms with van der Waals surface area (Å²) < 4.78 is 13.3. The van der Waals surface area contributed by atoms with E-state index in [2.05, 4.69) is 33.8 Å². The van der Waals surface area contributed by atoms with E-state index in [0.717, 1.165) is 43.1 Å². The second kappa shape index (κ2) is 9.42. The van der Waals surface area contributed by atoms with Crippen molar-refractivity contribution in [3.8, 4) is 10.4 Å². The predicted octanol–water partition coefficient (Wildman–Crippen LogP) is 3.17. The molecule has 162 valence electrons. The molecule has 3 aromatic heterocycles. The molecule has 0 saturated carbocycles. The van der Waals surface area contributed by atoms with E-state index in [1.165, 1.54) is 0 Å². The standard InChI is InChI=1S/C22H25N5O3S/c1-23-22-19-20(27(2)13-25-19)21-16(26-22)10-17(31-21)15-6-4-5-14(9-15)11-24-18(28)12-30-8-7-29-3/h4-6,9-10,13H,7-8,11-12H2,1-3H3,(H,23,26)(H,24,28). The number of rotatable bonds is 9. The molecule has 1 amide bonds. The number of ether oxygens (including phenoxy) is 2. The van der Waals surface area contributed by atoms with Crippen molar-refractivity contribution in [1.82, 2.24) is 19.9 Å². The molecule has 0 spiro atoms. The van der Waals surface area contributed by atoms with Crippen molar-refractivity contribution in [3.05, 3.63) is 42.2 Å². The van der Waals surface area contributed by atoms with Gasteiger partial charge in [-0.2, -0.15) is 0 Å². The molecule has 1 aromatic carbocycles. The zero-order valence-corrected chi connectivity index (χ0v) is 18.6. The highest BCUT2D eigenvalue weighted by molar-refractivity contribution is 7.23. The normalized spacial score (nSPS) is 11.3. The molecule has 0 fully saturated rings. The van der Waals surface area contributed by atoms with Crippen LogP contribution in [0.1, 0.15) is 5.56 Å². The molecular formula is C22H25N5O3S. The molecule has 4 aromatic rings. The fraction of sp³-hybridized carbons (Fsp3) is 0.318. The Kier molecular flexibility index (Phi) is 6.45. The lowest BCUT2D eigenvalue weighted by Crippen LogP contribution is -2.27. The van der Waals surface area contributed by atoms with Gasteiger partial charge in [-0.05, 0) is 23.3 Å². The molecule has 31 heavy (non-hydrogen) atoms. The van der Waals surface area contributed by atoms with Crippen LogP contribution in [0.15, 0.2) is 36.7 Å². The molecule has 0 bridgehead atoms. The van der Waals surface area contributed by atoms with Gasteiger partial charge in [0.05, 0.1) is 35.3 Å². The minimum Gasteiger partial charge on any atom is -0.382 e. The maximum absolute atomic E-state index is 11.9. The first kappa shape index (κ1) is 21.2. The number of anilines is 1. The SMILES string of the molecule is CNc1nc2cc(-c3cccc(CNC(=O)COCCOC)c3)sc2c2c1ncn2C. The van der Waals surface area contributed by atoms with Crippen LogP contribution in [-0.2, 0) is 27.9 Å². The Morgan fingerprint density at radius 1 is 1.26 bits per heavy atom. The first-order valence-electron chi connectivity index (χ1n) is 9.95. The molecule has 0 aliphatic heterocycles. The summed E-state index contributed by atoms with van der Waals surface area (Å²) in [4.78, 5) is 22.3. The predicted molar refractivity (Wildman–Crippen MR) is 123 cm³/mol. The van der Waals surface area contributed by atoms with E-state index in [4.69, 9.17) is 14.5 Å². The van der Waals surface area contributed by atoms with Gasteiger partial charge in [-0.15, -0.1) is 11.3 Å². The number of aromatic nitrogens is 3. The van der Waals surface area contributed by atoms with Crippen LogP contribution in [0.2, 0.25) is 0 Å². The van der Waals surface area contributed by atoms with Crippen molar-refractivity contribution in [2.75, 3.05) is 39.3 Å². The third-order valence-corrected chi connectivity index (χ3v) is 6.10. The van der Waals surface area contributed by atoms with Crippen LogP contribution in [0.4, 0.5) is 5.82 Å². The average Bonchev–Trinajstić information content (AvgIpc) is 3.38. The largest absolute Gasteiger partial charge is 0.382 e. The summed E-state index contributed by atoms with van der Waals surface area (Å²) in [6.07, 6.45) is 1.81. The maximum Gasteiger partial charge on any atom is 0.246 e. The Morgan fingerprint density at radius 2 is 2.13 bits per heavy atom. The van der Waals surface area contributed by atoms with Gasteiger partial charge in [0.15, 0.2) is 5.82 Å². The second-order valence-corrected chi connectivity index (χ2v) is 8.16. The van der Waals surface area contributed by atoms with Crippen LogP contribution >= 0.6 is 11.3 Å². The quantitative estimate of drug-likeness (QED) is 0.389. The van der Waals surface area contributed by atoms with Crippen molar-refractivity contribution in [1.29, 1.82) is 0 Å². The fourth-order valence-electron chi connectivity index (χ4n) is 3.39. The molecule has 0 unspecified atom stereocenters. The number of pyridine rings is 1. The number of benzene rings is 1. The number of hydrogen-bond donors (Lipinski definition) is 2. The van der Waals surface area contributed by atoms with E-state index in [1.54, 1.807) is 18.4 Å². The summed E-state index contributed by atoms with van der Waals surface area (Å²) >= 11 is 1.70. The highest BCUT2D eigenvalue weighted by atomic mass is 32.1. The van der Waals surface area contributed by atoms with Crippen LogP contribution in [-0.4, -0.2) is 54.4 Å². The number of methoxy groups -OCH3 is 1. The average molecular weight is 440 g/mol. The maximum atomic E-state index is 11.9. The Labute approximate surface area is 184 Å². The third kappa shape index (κ3) is 4.53. The van der Waals surface area contributed by atoms with E-state index < -0.39 is 0 Å². The zero-order valence-electron chi connectivity index (χ0n) is 17.8. The van der Waals surface area contributed by atoms with Crippen LogP contribution in [0, 0.1) is 0 Å². The Morgan fingerprint density at radius 3 is 2.94 bits per heavy atom. The number of nitrogens with zero attached hydrogens (tertiary/aromatic N) is 3. The van der Waals surface area contributed by atoms with Gasteiger partial charge in [0.2, 0.25) is 5.91 Å². The molecule has 0 radical (unpaired) electrons. The summed E-state index contributed by atoms with van der Waals surface area (Å²) in [6.45, 7) is 1.34. The lowest BCUT2D eigenvalue weighted by atomic mass is 10.1. The number of amides is 1. The van der Waals surface area contributed by atoms with Crippen LogP contribution in [0.3, 0.4) is 0 Å². The van der Waals surface area contributed by atoms with Crippen LogP contribution in [0.5, 0.6) is 0 Å². The van der Waals surface area contributed by atoms with Gasteiger partial charge < -0.3 is 24.7 Å². The first-order chi connectivity index (χ1) is 15.1. The van der Waals surface area contributed by atoms with Crippen molar-refractivity contribution in [2.24, 2.45) is 7.05 Å². The highest BCUT2D eigenvalue weighted by Gasteiger charge is 2.16. The number of fused-ring (bicyclic) bond motifs is 3. The minimum atomic E-state index is -0.147. The summed E-state index contributed by atoms with van der Waals surface area (Å²) in [5, 5.41) is 6.03. The third-order valence-electron chi connectivity index (χ3n) is 4.92. The number of carbonyl (C=O) groups excluding carboxylic acids is 1. The molecular weight excluding hydrogens is 414 g/mol. The molecule has 0 aliphatic carbocycles. The summed E-state index contributed by atoms with van der Waals surface area (Å²) in [5.41, 5.74) is 4.99. The Balaban J connectivity index is 1.54. The number of thiophene rings is 1. The molecule has 0 atom stereocenters. The van der Waals surface area contributed by atoms with Crippen molar-refractivity contribution >= 4 is 44.3 Å². The van der Waals surface area contributed by atoms with Crippen LogP contribution in [0.25, 0.3) is 31.7 Å². The Hall–Kier alpha value is -3.01. The monoisotopic (exact) mass is 439 g/mol. The zero-order chi connectivity index (χ0) is 21.8. The molecule has 9 heteroatoms. The van der Waals surface area contributed by atoms with E-state index in [-0.39, 0.29) is 12.5 Å². The Bertz CT molecular complexity index is 1220. The summed E-state index contributed by atoms with van der Waals surface area (Å²) in [7, 11) is 5.45. The van der Waals surface area contributed by atoms with Gasteiger partial charge in [0.25, 0.3) is 0 Å². The number of hydrogen-bond acceptors (Lipinski definition) is 7. The molecule has 8 nitrogen and oxygen atoms in total. The van der Waals surface area contributed by atoms with Crippen LogP contribution < -0.4 is 10.6 Å². The number of imidazole rings is 1. The van der Waals surface area contributed by atoms with E-state index >= 15 is 0 Å². The molecule has 0 saturated heterocycles. The number of aryl methyl sites for hydroxylation is 1. The molecule has 3 heterocycles. The molecule has 4 rings (SSSR count). The number of nitrogens with one attached hydrogen (secondary N) is 2. The van der Waals surface area contributed by atoms with Gasteiger partial charge in [0.1, 0.15) is 12.1 Å². The van der Waals surface area contributed by atoms with Crippen molar-refractivity contribution in [2.45, 2.75) is 6.54 Å². The van der Waals surface area contributed by atoms with Gasteiger partial charge in [-0.25, -0.2) is 9.97 Å². The first-order valence-corrected chi connectivity index (χ1v) is 10.8. The van der Waals surface area contributed by atoms with Gasteiger partial charge in [0, 0.05) is 32.6 Å². The lowest BCUT2D eigenvalue weighted by molar-refractivity contribution is -0.126. The minimum absolute atomic E-state index is 0.0273. The molecule has 2 N–H and O–H groups in total. The lowest BCUT2D eigenvalue weighted by Gasteiger charge is -2.07. The van der Waals surface area contributed by atoms with Crippen molar-refractivity contribution < 1.29 is 14.3 Å². The molecule has 0 aliphatic rings. The van der Waals surface area contributed by atoms with E-state index in [0.29, 0.717) is 19.8 Å². The summed E-state index contributed by atoms with van der Waals surface area (Å²) in [5.74, 6) is 0.627. The second-order valence-electron chi connectivity index (χ2n) is 7.11. The van der Waals surface area contributed by atoms with E-state index in [9.17, 15) is 4.79 Å². The fourth-order valence-corrected chi connectivity index (χ4v) is 4.57. The van der Waals surface area contributed by atoms with Gasteiger partial charge in [-0.1, -0.05) is 18.2 Å². The topological polar surface area (TPSA) is 90.3 Å². The van der Waals surface area contributed by atoms with Gasteiger partial charge >= 0.3 is 0 Å². The summed E-state index contributed by atoms with van der Waals surface area (Å²) in [6, 6.07) is 10.3. The highest BCUT2D eigenvalue weighted by Crippen LogP contribution is 2.38. The van der Waals surface area contributed by atoms with Crippen molar-refractivity contribution in [3.63, 3.8) is 0 Å². The van der Waals surface area contributed by atoms with E-state index in [1.807, 2.05) is 37.1 Å². The smallest absolute Gasteiger partial charge is 0.246 e. The van der Waals surface area contributed by atoms with Gasteiger partial charge in [-0.3, -0.25) is 4.79 Å². The number of carbonyl (C=O) groups is 1.